The first kappa shape index (κ1) is 11.9. The lowest BCUT2D eigenvalue weighted by Gasteiger charge is -2.23. The summed E-state index contributed by atoms with van der Waals surface area (Å²) in [6, 6.07) is 3.66. The van der Waals surface area contributed by atoms with Crippen molar-refractivity contribution in [2.24, 2.45) is 0 Å². The van der Waals surface area contributed by atoms with Crippen LogP contribution in [0.1, 0.15) is 18.5 Å². The van der Waals surface area contributed by atoms with Crippen molar-refractivity contribution in [1.29, 1.82) is 0 Å². The van der Waals surface area contributed by atoms with Crippen molar-refractivity contribution >= 4 is 11.7 Å². The molecule has 2 N–H and O–H groups in total. The number of hydrogen-bond acceptors (Lipinski definition) is 3. The number of nitrogens with one attached hydrogen (secondary N) is 2. The van der Waals surface area contributed by atoms with Gasteiger partial charge in [-0.25, -0.2) is 4.79 Å². The van der Waals surface area contributed by atoms with Gasteiger partial charge in [-0.05, 0) is 31.9 Å². The van der Waals surface area contributed by atoms with E-state index >= 15 is 0 Å². The number of carbonyl (C=O) groups is 1. The van der Waals surface area contributed by atoms with Crippen LogP contribution in [0.2, 0.25) is 0 Å². The van der Waals surface area contributed by atoms with Crippen LogP contribution in [0.4, 0.5) is 10.5 Å². The van der Waals surface area contributed by atoms with Crippen molar-refractivity contribution in [3.63, 3.8) is 0 Å². The molecule has 0 saturated carbocycles. The molecule has 1 aromatic heterocycles. The zero-order valence-corrected chi connectivity index (χ0v) is 9.90. The summed E-state index contributed by atoms with van der Waals surface area (Å²) in [6.07, 6.45) is 3.44. The number of rotatable bonds is 2. The van der Waals surface area contributed by atoms with Crippen LogP contribution in [0.3, 0.4) is 0 Å². The van der Waals surface area contributed by atoms with E-state index in [9.17, 15) is 4.79 Å². The van der Waals surface area contributed by atoms with Crippen molar-refractivity contribution in [3.8, 4) is 0 Å². The van der Waals surface area contributed by atoms with E-state index in [4.69, 9.17) is 4.74 Å². The Labute approximate surface area is 101 Å². The van der Waals surface area contributed by atoms with Crippen LogP contribution in [0.5, 0.6) is 0 Å². The Hall–Kier alpha value is -1.62. The van der Waals surface area contributed by atoms with E-state index in [1.54, 1.807) is 12.3 Å². The Morgan fingerprint density at radius 3 is 2.94 bits per heavy atom. The highest BCUT2D eigenvalue weighted by Gasteiger charge is 2.15. The van der Waals surface area contributed by atoms with Crippen LogP contribution in [-0.4, -0.2) is 30.3 Å². The standard InChI is InChI=1S/C12H17N3O2/c1-9-8-11(2-5-13-9)15-12(16)14-10-3-6-17-7-4-10/h2,5,8,10H,3-4,6-7H2,1H3,(H2,13,14,15,16). The SMILES string of the molecule is Cc1cc(NC(=O)NC2CCOCC2)ccn1. The predicted octanol–water partition coefficient (Wildman–Crippen LogP) is 1.69. The molecule has 5 nitrogen and oxygen atoms in total. The summed E-state index contributed by atoms with van der Waals surface area (Å²) in [4.78, 5) is 15.8. The summed E-state index contributed by atoms with van der Waals surface area (Å²) in [5, 5.41) is 5.74. The fourth-order valence-corrected chi connectivity index (χ4v) is 1.82. The summed E-state index contributed by atoms with van der Waals surface area (Å²) in [5.41, 5.74) is 1.65. The smallest absolute Gasteiger partial charge is 0.319 e. The molecule has 2 rings (SSSR count). The van der Waals surface area contributed by atoms with Gasteiger partial charge in [0.05, 0.1) is 0 Å². The highest BCUT2D eigenvalue weighted by molar-refractivity contribution is 5.89. The molecular weight excluding hydrogens is 218 g/mol. The van der Waals surface area contributed by atoms with Crippen LogP contribution in [-0.2, 0) is 4.74 Å². The number of aryl methyl sites for hydroxylation is 1. The quantitative estimate of drug-likeness (QED) is 0.820. The van der Waals surface area contributed by atoms with Crippen LogP contribution < -0.4 is 10.6 Å². The Balaban J connectivity index is 1.84. The number of amides is 2. The van der Waals surface area contributed by atoms with Gasteiger partial charge in [-0.2, -0.15) is 0 Å². The molecule has 1 aromatic rings. The topological polar surface area (TPSA) is 63.2 Å². The molecular formula is C12H17N3O2. The second-order valence-electron chi connectivity index (χ2n) is 4.17. The monoisotopic (exact) mass is 235 g/mol. The van der Waals surface area contributed by atoms with Gasteiger partial charge in [0.25, 0.3) is 0 Å². The minimum absolute atomic E-state index is 0.164. The highest BCUT2D eigenvalue weighted by atomic mass is 16.5. The number of ether oxygens (including phenoxy) is 1. The third kappa shape index (κ3) is 3.71. The van der Waals surface area contributed by atoms with E-state index in [1.165, 1.54) is 0 Å². The number of anilines is 1. The number of urea groups is 1. The summed E-state index contributed by atoms with van der Waals surface area (Å²) in [7, 11) is 0. The first-order valence-corrected chi connectivity index (χ1v) is 5.82. The zero-order valence-electron chi connectivity index (χ0n) is 9.90. The number of hydrogen-bond donors (Lipinski definition) is 2. The van der Waals surface area contributed by atoms with Gasteiger partial charge in [0.2, 0.25) is 0 Å². The minimum atomic E-state index is -0.164. The molecule has 1 aliphatic rings. The maximum Gasteiger partial charge on any atom is 0.319 e. The lowest BCUT2D eigenvalue weighted by molar-refractivity contribution is 0.0806. The Bertz CT molecular complexity index is 389. The van der Waals surface area contributed by atoms with E-state index in [-0.39, 0.29) is 12.1 Å². The molecule has 0 spiro atoms. The number of nitrogens with zero attached hydrogens (tertiary/aromatic N) is 1. The molecule has 5 heteroatoms. The molecule has 0 aliphatic carbocycles. The van der Waals surface area contributed by atoms with Gasteiger partial charge in [0.15, 0.2) is 0 Å². The molecule has 92 valence electrons. The molecule has 0 unspecified atom stereocenters. The van der Waals surface area contributed by atoms with Gasteiger partial charge in [-0.3, -0.25) is 4.98 Å². The van der Waals surface area contributed by atoms with Gasteiger partial charge < -0.3 is 15.4 Å². The number of carbonyl (C=O) groups excluding carboxylic acids is 1. The average molecular weight is 235 g/mol. The second-order valence-corrected chi connectivity index (χ2v) is 4.17. The zero-order chi connectivity index (χ0) is 12.1. The summed E-state index contributed by atoms with van der Waals surface area (Å²) in [5.74, 6) is 0. The Kier molecular flexibility index (Phi) is 3.93. The average Bonchev–Trinajstić information content (AvgIpc) is 2.30. The number of pyridine rings is 1. The van der Waals surface area contributed by atoms with Gasteiger partial charge >= 0.3 is 6.03 Å². The van der Waals surface area contributed by atoms with E-state index in [1.807, 2.05) is 13.0 Å². The summed E-state index contributed by atoms with van der Waals surface area (Å²) >= 11 is 0. The van der Waals surface area contributed by atoms with Crippen molar-refractivity contribution in [3.05, 3.63) is 24.0 Å². The largest absolute Gasteiger partial charge is 0.381 e. The molecule has 0 radical (unpaired) electrons. The maximum absolute atomic E-state index is 11.7. The van der Waals surface area contributed by atoms with E-state index in [0.29, 0.717) is 0 Å². The van der Waals surface area contributed by atoms with E-state index in [2.05, 4.69) is 15.6 Å². The molecule has 1 fully saturated rings. The van der Waals surface area contributed by atoms with Crippen LogP contribution in [0.15, 0.2) is 18.3 Å². The Morgan fingerprint density at radius 1 is 1.47 bits per heavy atom. The lowest BCUT2D eigenvalue weighted by Crippen LogP contribution is -2.41. The van der Waals surface area contributed by atoms with Gasteiger partial charge in [-0.1, -0.05) is 0 Å². The van der Waals surface area contributed by atoms with Crippen molar-refractivity contribution in [2.75, 3.05) is 18.5 Å². The van der Waals surface area contributed by atoms with Gasteiger partial charge in [0, 0.05) is 36.8 Å². The van der Waals surface area contributed by atoms with E-state index in [0.717, 1.165) is 37.4 Å². The minimum Gasteiger partial charge on any atom is -0.381 e. The molecule has 0 atom stereocenters. The fourth-order valence-electron chi connectivity index (χ4n) is 1.82. The molecule has 2 heterocycles. The van der Waals surface area contributed by atoms with Crippen molar-refractivity contribution in [2.45, 2.75) is 25.8 Å². The first-order valence-electron chi connectivity index (χ1n) is 5.82. The van der Waals surface area contributed by atoms with Crippen LogP contribution >= 0.6 is 0 Å². The Morgan fingerprint density at radius 2 is 2.24 bits per heavy atom. The number of aromatic nitrogens is 1. The predicted molar refractivity (Wildman–Crippen MR) is 65.0 cm³/mol. The maximum atomic E-state index is 11.7. The van der Waals surface area contributed by atoms with Gasteiger partial charge in [0.1, 0.15) is 0 Å². The highest BCUT2D eigenvalue weighted by Crippen LogP contribution is 2.09. The van der Waals surface area contributed by atoms with Crippen LogP contribution in [0, 0.1) is 6.92 Å². The fraction of sp³-hybridized carbons (Fsp3) is 0.500. The molecule has 17 heavy (non-hydrogen) atoms. The molecule has 1 aliphatic heterocycles. The molecule has 1 saturated heterocycles. The summed E-state index contributed by atoms with van der Waals surface area (Å²) in [6.45, 7) is 3.33. The molecule has 2 amide bonds. The molecule has 0 aromatic carbocycles. The van der Waals surface area contributed by atoms with Crippen molar-refractivity contribution in [1.82, 2.24) is 10.3 Å². The molecule has 0 bridgehead atoms. The van der Waals surface area contributed by atoms with E-state index < -0.39 is 0 Å². The normalized spacial score (nSPS) is 16.5. The first-order chi connectivity index (χ1) is 8.24. The third-order valence-corrected chi connectivity index (χ3v) is 2.71. The second kappa shape index (κ2) is 5.63. The third-order valence-electron chi connectivity index (χ3n) is 2.71. The van der Waals surface area contributed by atoms with Crippen LogP contribution in [0.25, 0.3) is 0 Å². The van der Waals surface area contributed by atoms with Gasteiger partial charge in [-0.15, -0.1) is 0 Å². The van der Waals surface area contributed by atoms with Crippen molar-refractivity contribution < 1.29 is 9.53 Å². The lowest BCUT2D eigenvalue weighted by atomic mass is 10.1. The summed E-state index contributed by atoms with van der Waals surface area (Å²) < 4.78 is 5.24.